The predicted octanol–water partition coefficient (Wildman–Crippen LogP) is 3.20. The molecule has 0 aliphatic heterocycles. The largest absolute Gasteiger partial charge is 0.301 e. The van der Waals surface area contributed by atoms with Gasteiger partial charge in [-0.25, -0.2) is 4.39 Å². The SMILES string of the molecule is CCCc1nnc(NC(=O)CCc2ccc(F)cc2)s1. The Morgan fingerprint density at radius 3 is 2.70 bits per heavy atom. The lowest BCUT2D eigenvalue weighted by Gasteiger charge is -2.01. The summed E-state index contributed by atoms with van der Waals surface area (Å²) in [7, 11) is 0. The van der Waals surface area contributed by atoms with Crippen molar-refractivity contribution in [1.29, 1.82) is 0 Å². The summed E-state index contributed by atoms with van der Waals surface area (Å²) in [6, 6.07) is 6.17. The number of carbonyl (C=O) groups is 1. The molecular weight excluding hydrogens is 277 g/mol. The van der Waals surface area contributed by atoms with Gasteiger partial charge >= 0.3 is 0 Å². The van der Waals surface area contributed by atoms with Crippen molar-refractivity contribution in [2.75, 3.05) is 5.32 Å². The van der Waals surface area contributed by atoms with Gasteiger partial charge in [0, 0.05) is 12.8 Å². The minimum atomic E-state index is -0.268. The van der Waals surface area contributed by atoms with Crippen LogP contribution in [0.15, 0.2) is 24.3 Å². The van der Waals surface area contributed by atoms with Gasteiger partial charge in [0.25, 0.3) is 0 Å². The number of hydrogen-bond acceptors (Lipinski definition) is 4. The molecule has 106 valence electrons. The summed E-state index contributed by atoms with van der Waals surface area (Å²) < 4.78 is 12.7. The van der Waals surface area contributed by atoms with Gasteiger partial charge in [0.2, 0.25) is 11.0 Å². The molecule has 1 heterocycles. The van der Waals surface area contributed by atoms with Gasteiger partial charge in [0.1, 0.15) is 10.8 Å². The smallest absolute Gasteiger partial charge is 0.226 e. The Labute approximate surface area is 121 Å². The number of halogens is 1. The lowest BCUT2D eigenvalue weighted by atomic mass is 10.1. The first-order valence-electron chi connectivity index (χ1n) is 6.54. The summed E-state index contributed by atoms with van der Waals surface area (Å²) in [5, 5.41) is 12.1. The predicted molar refractivity (Wildman–Crippen MR) is 77.3 cm³/mol. The minimum Gasteiger partial charge on any atom is -0.301 e. The Balaban J connectivity index is 1.81. The third kappa shape index (κ3) is 4.38. The second-order valence-corrected chi connectivity index (χ2v) is 5.49. The van der Waals surface area contributed by atoms with E-state index in [9.17, 15) is 9.18 Å². The van der Waals surface area contributed by atoms with E-state index in [4.69, 9.17) is 0 Å². The molecule has 2 rings (SSSR count). The van der Waals surface area contributed by atoms with Crippen LogP contribution in [0.25, 0.3) is 0 Å². The molecule has 0 unspecified atom stereocenters. The van der Waals surface area contributed by atoms with Gasteiger partial charge in [-0.2, -0.15) is 0 Å². The molecule has 0 saturated carbocycles. The van der Waals surface area contributed by atoms with E-state index in [0.717, 1.165) is 23.4 Å². The number of nitrogens with one attached hydrogen (secondary N) is 1. The van der Waals surface area contributed by atoms with Gasteiger partial charge < -0.3 is 5.32 Å². The van der Waals surface area contributed by atoms with E-state index >= 15 is 0 Å². The van der Waals surface area contributed by atoms with Gasteiger partial charge in [-0.15, -0.1) is 10.2 Å². The summed E-state index contributed by atoms with van der Waals surface area (Å²) in [5.74, 6) is -0.371. The summed E-state index contributed by atoms with van der Waals surface area (Å²) in [6.45, 7) is 2.07. The van der Waals surface area contributed by atoms with Crippen LogP contribution < -0.4 is 5.32 Å². The molecule has 0 fully saturated rings. The number of aromatic nitrogens is 2. The summed E-state index contributed by atoms with van der Waals surface area (Å²) in [4.78, 5) is 11.8. The summed E-state index contributed by atoms with van der Waals surface area (Å²) in [5.41, 5.74) is 0.936. The molecule has 0 saturated heterocycles. The lowest BCUT2D eigenvalue weighted by Crippen LogP contribution is -2.12. The first-order chi connectivity index (χ1) is 9.67. The summed E-state index contributed by atoms with van der Waals surface area (Å²) in [6.07, 6.45) is 2.80. The first-order valence-corrected chi connectivity index (χ1v) is 7.35. The van der Waals surface area contributed by atoms with E-state index in [1.165, 1.54) is 23.5 Å². The fraction of sp³-hybridized carbons (Fsp3) is 0.357. The second-order valence-electron chi connectivity index (χ2n) is 4.43. The van der Waals surface area contributed by atoms with Crippen LogP contribution in [0.3, 0.4) is 0 Å². The average molecular weight is 293 g/mol. The highest BCUT2D eigenvalue weighted by Crippen LogP contribution is 2.17. The van der Waals surface area contributed by atoms with Crippen LogP contribution in [0.2, 0.25) is 0 Å². The van der Waals surface area contributed by atoms with Gasteiger partial charge in [0.05, 0.1) is 0 Å². The van der Waals surface area contributed by atoms with E-state index in [1.807, 2.05) is 0 Å². The molecule has 0 radical (unpaired) electrons. The van der Waals surface area contributed by atoms with Gasteiger partial charge in [0.15, 0.2) is 0 Å². The van der Waals surface area contributed by atoms with E-state index in [2.05, 4.69) is 22.4 Å². The highest BCUT2D eigenvalue weighted by molar-refractivity contribution is 7.15. The maximum atomic E-state index is 12.7. The van der Waals surface area contributed by atoms with Crippen LogP contribution >= 0.6 is 11.3 Å². The van der Waals surface area contributed by atoms with Crippen LogP contribution in [0.5, 0.6) is 0 Å². The van der Waals surface area contributed by atoms with Crippen molar-refractivity contribution < 1.29 is 9.18 Å². The summed E-state index contributed by atoms with van der Waals surface area (Å²) >= 11 is 1.41. The molecule has 1 N–H and O–H groups in total. The highest BCUT2D eigenvalue weighted by Gasteiger charge is 2.08. The quantitative estimate of drug-likeness (QED) is 0.890. The first kappa shape index (κ1) is 14.6. The number of hydrogen-bond donors (Lipinski definition) is 1. The molecule has 0 spiro atoms. The van der Waals surface area contributed by atoms with Crippen LogP contribution in [0, 0.1) is 5.82 Å². The molecule has 0 atom stereocenters. The fourth-order valence-corrected chi connectivity index (χ4v) is 2.57. The van der Waals surface area contributed by atoms with Crippen molar-refractivity contribution >= 4 is 22.4 Å². The topological polar surface area (TPSA) is 54.9 Å². The Morgan fingerprint density at radius 1 is 1.25 bits per heavy atom. The van der Waals surface area contributed by atoms with Crippen molar-refractivity contribution in [2.24, 2.45) is 0 Å². The fourth-order valence-electron chi connectivity index (χ4n) is 1.71. The molecule has 1 aromatic heterocycles. The molecule has 6 heteroatoms. The average Bonchev–Trinajstić information content (AvgIpc) is 2.86. The molecule has 20 heavy (non-hydrogen) atoms. The number of carbonyl (C=O) groups excluding carboxylic acids is 1. The van der Waals surface area contributed by atoms with Crippen LogP contribution in [-0.4, -0.2) is 16.1 Å². The van der Waals surface area contributed by atoms with E-state index in [0.29, 0.717) is 18.0 Å². The molecule has 0 aliphatic rings. The van der Waals surface area contributed by atoms with Crippen LogP contribution in [-0.2, 0) is 17.6 Å². The van der Waals surface area contributed by atoms with Gasteiger partial charge in [-0.05, 0) is 30.5 Å². The van der Waals surface area contributed by atoms with Gasteiger partial charge in [-0.1, -0.05) is 30.4 Å². The Bertz CT molecular complexity index is 568. The highest BCUT2D eigenvalue weighted by atomic mass is 32.1. The van der Waals surface area contributed by atoms with E-state index in [-0.39, 0.29) is 11.7 Å². The Morgan fingerprint density at radius 2 is 2.00 bits per heavy atom. The van der Waals surface area contributed by atoms with Crippen molar-refractivity contribution in [3.63, 3.8) is 0 Å². The molecular formula is C14H16FN3OS. The molecule has 1 aromatic carbocycles. The Hall–Kier alpha value is -1.82. The number of aryl methyl sites for hydroxylation is 2. The second kappa shape index (κ2) is 7.09. The van der Waals surface area contributed by atoms with Crippen molar-refractivity contribution in [1.82, 2.24) is 10.2 Å². The van der Waals surface area contributed by atoms with Crippen LogP contribution in [0.1, 0.15) is 30.3 Å². The third-order valence-corrected chi connectivity index (χ3v) is 3.63. The minimum absolute atomic E-state index is 0.103. The molecule has 0 bridgehead atoms. The zero-order chi connectivity index (χ0) is 14.4. The van der Waals surface area contributed by atoms with Crippen molar-refractivity contribution in [3.8, 4) is 0 Å². The third-order valence-electron chi connectivity index (χ3n) is 2.73. The number of nitrogens with zero attached hydrogens (tertiary/aromatic N) is 2. The zero-order valence-corrected chi connectivity index (χ0v) is 12.0. The number of rotatable bonds is 6. The molecule has 0 aliphatic carbocycles. The zero-order valence-electron chi connectivity index (χ0n) is 11.2. The van der Waals surface area contributed by atoms with E-state index in [1.54, 1.807) is 12.1 Å². The molecule has 4 nitrogen and oxygen atoms in total. The number of amides is 1. The lowest BCUT2D eigenvalue weighted by molar-refractivity contribution is -0.116. The van der Waals surface area contributed by atoms with Crippen LogP contribution in [0.4, 0.5) is 9.52 Å². The molecule has 1 amide bonds. The standard InChI is InChI=1S/C14H16FN3OS/c1-2-3-13-17-18-14(20-13)16-12(19)9-6-10-4-7-11(15)8-5-10/h4-5,7-8H,2-3,6,9H2,1H3,(H,16,18,19). The maximum Gasteiger partial charge on any atom is 0.226 e. The number of benzene rings is 1. The van der Waals surface area contributed by atoms with E-state index < -0.39 is 0 Å². The van der Waals surface area contributed by atoms with Crippen molar-refractivity contribution in [2.45, 2.75) is 32.6 Å². The van der Waals surface area contributed by atoms with Gasteiger partial charge in [-0.3, -0.25) is 4.79 Å². The maximum absolute atomic E-state index is 12.7. The van der Waals surface area contributed by atoms with Crippen molar-refractivity contribution in [3.05, 3.63) is 40.7 Å². The molecule has 2 aromatic rings. The number of anilines is 1. The Kier molecular flexibility index (Phi) is 5.17. The monoisotopic (exact) mass is 293 g/mol. The normalized spacial score (nSPS) is 10.5.